The van der Waals surface area contributed by atoms with Crippen molar-refractivity contribution < 1.29 is 9.53 Å². The highest BCUT2D eigenvalue weighted by Crippen LogP contribution is 2.23. The van der Waals surface area contributed by atoms with Crippen LogP contribution in [-0.4, -0.2) is 28.3 Å². The molecule has 0 saturated carbocycles. The fourth-order valence-corrected chi connectivity index (χ4v) is 2.48. The Morgan fingerprint density at radius 2 is 2.41 bits per heavy atom. The minimum absolute atomic E-state index is 0.0653. The zero-order valence-corrected chi connectivity index (χ0v) is 10.8. The summed E-state index contributed by atoms with van der Waals surface area (Å²) in [5.74, 6) is 0.347. The van der Waals surface area contributed by atoms with Crippen LogP contribution in [0.5, 0.6) is 0 Å². The highest BCUT2D eigenvalue weighted by atomic mass is 16.5. The van der Waals surface area contributed by atoms with E-state index in [1.807, 2.05) is 31.5 Å². The highest BCUT2D eigenvalue weighted by Gasteiger charge is 2.30. The van der Waals surface area contributed by atoms with Gasteiger partial charge in [0.05, 0.1) is 11.8 Å². The van der Waals surface area contributed by atoms with Crippen LogP contribution in [-0.2, 0) is 22.5 Å². The first kappa shape index (κ1) is 12.3. The minimum atomic E-state index is 0.0653. The van der Waals surface area contributed by atoms with Crippen molar-refractivity contribution in [1.82, 2.24) is 9.78 Å². The number of carbonyl (C=O) groups excluding carboxylic acids is 1. The molecule has 4 nitrogen and oxygen atoms in total. The molecule has 2 atom stereocenters. The summed E-state index contributed by atoms with van der Waals surface area (Å²) in [6, 6.07) is 2.00. The molecule has 0 N–H and O–H groups in total. The van der Waals surface area contributed by atoms with Crippen molar-refractivity contribution in [2.24, 2.45) is 5.92 Å². The quantitative estimate of drug-likeness (QED) is 0.800. The number of ketones is 1. The predicted octanol–water partition coefficient (Wildman–Crippen LogP) is 1.75. The summed E-state index contributed by atoms with van der Waals surface area (Å²) in [5.41, 5.74) is 2.00. The zero-order chi connectivity index (χ0) is 12.4. The first-order chi connectivity index (χ1) is 8.11. The Bertz CT molecular complexity index is 412. The van der Waals surface area contributed by atoms with Gasteiger partial charge in [-0.3, -0.25) is 9.48 Å². The normalized spacial score (nSPS) is 24.2. The van der Waals surface area contributed by atoms with Gasteiger partial charge in [-0.05, 0) is 33.3 Å². The number of nitrogens with zero attached hydrogens (tertiary/aromatic N) is 2. The summed E-state index contributed by atoms with van der Waals surface area (Å²) in [4.78, 5) is 12.2. The molecule has 1 saturated heterocycles. The van der Waals surface area contributed by atoms with Crippen molar-refractivity contribution in [2.75, 3.05) is 6.61 Å². The maximum atomic E-state index is 12.2. The molecule has 0 aromatic carbocycles. The van der Waals surface area contributed by atoms with Crippen molar-refractivity contribution >= 4 is 5.78 Å². The van der Waals surface area contributed by atoms with E-state index in [0.717, 1.165) is 24.4 Å². The first-order valence-corrected chi connectivity index (χ1v) is 6.29. The second-order valence-electron chi connectivity index (χ2n) is 4.71. The Morgan fingerprint density at radius 1 is 1.65 bits per heavy atom. The van der Waals surface area contributed by atoms with Gasteiger partial charge in [0.2, 0.25) is 0 Å². The highest BCUT2D eigenvalue weighted by molar-refractivity contribution is 5.83. The summed E-state index contributed by atoms with van der Waals surface area (Å²) in [6.07, 6.45) is 1.41. The third-order valence-corrected chi connectivity index (χ3v) is 3.43. The fourth-order valence-electron chi connectivity index (χ4n) is 2.48. The average molecular weight is 236 g/mol. The molecule has 2 rings (SSSR count). The largest absolute Gasteiger partial charge is 0.378 e. The number of aromatic nitrogens is 2. The van der Waals surface area contributed by atoms with Crippen molar-refractivity contribution in [3.63, 3.8) is 0 Å². The van der Waals surface area contributed by atoms with Crippen LogP contribution < -0.4 is 0 Å². The van der Waals surface area contributed by atoms with Gasteiger partial charge in [0.25, 0.3) is 0 Å². The van der Waals surface area contributed by atoms with E-state index >= 15 is 0 Å². The molecule has 2 heterocycles. The van der Waals surface area contributed by atoms with E-state index in [1.165, 1.54) is 0 Å². The van der Waals surface area contributed by atoms with Crippen molar-refractivity contribution in [2.45, 2.75) is 46.3 Å². The van der Waals surface area contributed by atoms with Crippen LogP contribution in [0.2, 0.25) is 0 Å². The lowest BCUT2D eigenvalue weighted by Gasteiger charge is -2.12. The van der Waals surface area contributed by atoms with Crippen LogP contribution in [0, 0.1) is 12.8 Å². The van der Waals surface area contributed by atoms with E-state index in [-0.39, 0.29) is 17.8 Å². The summed E-state index contributed by atoms with van der Waals surface area (Å²) in [6.45, 7) is 7.51. The average Bonchev–Trinajstić information content (AvgIpc) is 2.84. The minimum Gasteiger partial charge on any atom is -0.378 e. The summed E-state index contributed by atoms with van der Waals surface area (Å²) < 4.78 is 7.35. The van der Waals surface area contributed by atoms with Crippen LogP contribution in [0.25, 0.3) is 0 Å². The van der Waals surface area contributed by atoms with E-state index in [2.05, 4.69) is 5.10 Å². The molecule has 2 unspecified atom stereocenters. The molecule has 0 radical (unpaired) electrons. The molecule has 0 aliphatic carbocycles. The Hall–Kier alpha value is -1.16. The molecule has 1 aromatic heterocycles. The molecular weight excluding hydrogens is 216 g/mol. The maximum Gasteiger partial charge on any atom is 0.144 e. The molecule has 0 amide bonds. The van der Waals surface area contributed by atoms with Crippen LogP contribution in [0.1, 0.15) is 31.7 Å². The van der Waals surface area contributed by atoms with E-state index < -0.39 is 0 Å². The molecule has 0 bridgehead atoms. The smallest absolute Gasteiger partial charge is 0.144 e. The predicted molar refractivity (Wildman–Crippen MR) is 64.9 cm³/mol. The van der Waals surface area contributed by atoms with Crippen molar-refractivity contribution in [3.8, 4) is 0 Å². The van der Waals surface area contributed by atoms with Gasteiger partial charge in [0.1, 0.15) is 5.78 Å². The molecule has 17 heavy (non-hydrogen) atoms. The number of hydrogen-bond donors (Lipinski definition) is 0. The van der Waals surface area contributed by atoms with Gasteiger partial charge in [0, 0.05) is 31.2 Å². The Kier molecular flexibility index (Phi) is 3.62. The summed E-state index contributed by atoms with van der Waals surface area (Å²) in [5, 5.41) is 4.36. The molecule has 4 heteroatoms. The van der Waals surface area contributed by atoms with Crippen molar-refractivity contribution in [1.29, 1.82) is 0 Å². The van der Waals surface area contributed by atoms with Crippen LogP contribution in [0.15, 0.2) is 6.07 Å². The van der Waals surface area contributed by atoms with Crippen molar-refractivity contribution in [3.05, 3.63) is 17.5 Å². The first-order valence-electron chi connectivity index (χ1n) is 6.29. The van der Waals surface area contributed by atoms with Gasteiger partial charge in [-0.2, -0.15) is 5.10 Å². The molecular formula is C13H20N2O2. The Morgan fingerprint density at radius 3 is 3.00 bits per heavy atom. The lowest BCUT2D eigenvalue weighted by atomic mass is 9.94. The maximum absolute atomic E-state index is 12.2. The third-order valence-electron chi connectivity index (χ3n) is 3.43. The Labute approximate surface area is 102 Å². The zero-order valence-electron chi connectivity index (χ0n) is 10.8. The number of hydrogen-bond acceptors (Lipinski definition) is 3. The second-order valence-corrected chi connectivity index (χ2v) is 4.71. The van der Waals surface area contributed by atoms with Crippen LogP contribution in [0.3, 0.4) is 0 Å². The number of carbonyl (C=O) groups is 1. The molecule has 0 spiro atoms. The van der Waals surface area contributed by atoms with Crippen LogP contribution in [0.4, 0.5) is 0 Å². The summed E-state index contributed by atoms with van der Waals surface area (Å²) in [7, 11) is 0. The number of Topliss-reactive ketones (excluding diaryl/α,β-unsaturated/α-hetero) is 1. The fraction of sp³-hybridized carbons (Fsp3) is 0.692. The van der Waals surface area contributed by atoms with E-state index in [9.17, 15) is 4.79 Å². The monoisotopic (exact) mass is 236 g/mol. The topological polar surface area (TPSA) is 44.1 Å². The number of rotatable bonds is 4. The van der Waals surface area contributed by atoms with Gasteiger partial charge in [-0.25, -0.2) is 0 Å². The van der Waals surface area contributed by atoms with Gasteiger partial charge in [-0.15, -0.1) is 0 Å². The lowest BCUT2D eigenvalue weighted by molar-refractivity contribution is -0.123. The van der Waals surface area contributed by atoms with E-state index in [1.54, 1.807) is 0 Å². The van der Waals surface area contributed by atoms with Gasteiger partial charge in [-0.1, -0.05) is 0 Å². The number of aryl methyl sites for hydroxylation is 2. The molecule has 1 fully saturated rings. The van der Waals surface area contributed by atoms with E-state index in [4.69, 9.17) is 4.74 Å². The molecule has 94 valence electrons. The van der Waals surface area contributed by atoms with Gasteiger partial charge in [0.15, 0.2) is 0 Å². The Balaban J connectivity index is 2.07. The van der Waals surface area contributed by atoms with Crippen LogP contribution >= 0.6 is 0 Å². The molecule has 1 aliphatic heterocycles. The second kappa shape index (κ2) is 5.00. The standard InChI is InChI=1S/C13H20N2O2/c1-4-15-11(7-9(2)14-15)8-13(16)12-5-6-17-10(12)3/h7,10,12H,4-6,8H2,1-3H3. The number of ether oxygens (including phenoxy) is 1. The van der Waals surface area contributed by atoms with Gasteiger partial charge >= 0.3 is 0 Å². The SMILES string of the molecule is CCn1nc(C)cc1CC(=O)C1CCOC1C. The summed E-state index contributed by atoms with van der Waals surface area (Å²) >= 11 is 0. The molecule has 1 aliphatic rings. The third kappa shape index (κ3) is 2.57. The van der Waals surface area contributed by atoms with E-state index in [0.29, 0.717) is 13.0 Å². The van der Waals surface area contributed by atoms with Gasteiger partial charge < -0.3 is 4.74 Å². The molecule has 1 aromatic rings. The lowest BCUT2D eigenvalue weighted by Crippen LogP contribution is -2.24.